The minimum absolute atomic E-state index is 0.0336. The maximum atomic E-state index is 11.0. The summed E-state index contributed by atoms with van der Waals surface area (Å²) >= 11 is 7.26. The fourth-order valence-electron chi connectivity index (χ4n) is 3.46. The molecule has 8 nitrogen and oxygen atoms in total. The molecule has 1 aliphatic heterocycles. The summed E-state index contributed by atoms with van der Waals surface area (Å²) in [5.41, 5.74) is 6.22. The molecule has 168 valence electrons. The van der Waals surface area contributed by atoms with Crippen LogP contribution in [0.5, 0.6) is 0 Å². The predicted molar refractivity (Wildman–Crippen MR) is 122 cm³/mol. The summed E-state index contributed by atoms with van der Waals surface area (Å²) in [6, 6.07) is 6.10. The van der Waals surface area contributed by atoms with Crippen LogP contribution in [-0.2, 0) is 6.54 Å². The zero-order chi connectivity index (χ0) is 22.4. The first-order valence-electron chi connectivity index (χ1n) is 10.3. The molecule has 4 heterocycles. The molecule has 0 aliphatic carbocycles. The highest BCUT2D eigenvalue weighted by molar-refractivity contribution is 7.19. The number of aromatic nitrogens is 3. The van der Waals surface area contributed by atoms with Gasteiger partial charge in [-0.25, -0.2) is 9.78 Å². The Hall–Kier alpha value is -2.20. The van der Waals surface area contributed by atoms with Gasteiger partial charge in [-0.2, -0.15) is 0 Å². The van der Waals surface area contributed by atoms with E-state index >= 15 is 0 Å². The SMILES string of the molecule is CC(C)N1CCC(CN)CC1.O=C(O)c1nccn1Cc1cc(-c2ccc(Cl)s2)on1. The topological polar surface area (TPSA) is 110 Å². The standard InChI is InChI=1S/C12H8ClN3O3S.C9H20N2/c13-10-2-1-9(20-10)8-5-7(15-19-8)6-16-4-3-14-11(16)12(17)18;1-8(2)11-5-3-9(7-10)4-6-11/h1-5H,6H2,(H,17,18);8-9H,3-7,10H2,1-2H3. The zero-order valence-corrected chi connectivity index (χ0v) is 19.3. The van der Waals surface area contributed by atoms with E-state index in [0.717, 1.165) is 17.3 Å². The number of piperidine rings is 1. The van der Waals surface area contributed by atoms with Crippen molar-refractivity contribution in [1.29, 1.82) is 0 Å². The molecule has 0 atom stereocenters. The molecule has 1 fully saturated rings. The van der Waals surface area contributed by atoms with Gasteiger partial charge in [0.2, 0.25) is 5.82 Å². The third-order valence-electron chi connectivity index (χ3n) is 5.33. The van der Waals surface area contributed by atoms with Gasteiger partial charge in [0.1, 0.15) is 5.69 Å². The number of carbonyl (C=O) groups is 1. The highest BCUT2D eigenvalue weighted by Gasteiger charge is 2.19. The molecular formula is C21H28ClN5O3S. The molecule has 3 aromatic heterocycles. The molecular weight excluding hydrogens is 438 g/mol. The van der Waals surface area contributed by atoms with E-state index in [0.29, 0.717) is 21.8 Å². The first-order chi connectivity index (χ1) is 14.9. The number of aromatic carboxylic acids is 1. The Kier molecular flexibility index (Phi) is 8.25. The number of halogens is 1. The van der Waals surface area contributed by atoms with Crippen molar-refractivity contribution in [2.75, 3.05) is 19.6 Å². The molecule has 1 saturated heterocycles. The number of nitrogens with zero attached hydrogens (tertiary/aromatic N) is 4. The van der Waals surface area contributed by atoms with Crippen LogP contribution in [-0.4, -0.2) is 56.4 Å². The molecule has 0 saturated carbocycles. The third-order valence-corrected chi connectivity index (χ3v) is 6.57. The Morgan fingerprint density at radius 2 is 2.13 bits per heavy atom. The molecule has 0 bridgehead atoms. The second-order valence-corrected chi connectivity index (χ2v) is 9.49. The van der Waals surface area contributed by atoms with Gasteiger partial charge < -0.3 is 24.8 Å². The van der Waals surface area contributed by atoms with Crippen LogP contribution in [0, 0.1) is 5.92 Å². The lowest BCUT2D eigenvalue weighted by atomic mass is 9.96. The van der Waals surface area contributed by atoms with E-state index in [9.17, 15) is 4.79 Å². The largest absolute Gasteiger partial charge is 0.475 e. The van der Waals surface area contributed by atoms with Crippen LogP contribution in [0.1, 0.15) is 43.0 Å². The van der Waals surface area contributed by atoms with Crippen LogP contribution >= 0.6 is 22.9 Å². The van der Waals surface area contributed by atoms with Crippen molar-refractivity contribution < 1.29 is 14.4 Å². The zero-order valence-electron chi connectivity index (χ0n) is 17.7. The van der Waals surface area contributed by atoms with Gasteiger partial charge in [-0.05, 0) is 64.4 Å². The number of nitrogens with two attached hydrogens (primary N) is 1. The molecule has 3 aromatic rings. The minimum Gasteiger partial charge on any atom is -0.475 e. The second-order valence-electron chi connectivity index (χ2n) is 7.78. The Morgan fingerprint density at radius 3 is 2.71 bits per heavy atom. The number of hydrogen-bond acceptors (Lipinski definition) is 7. The Bertz CT molecular complexity index is 975. The fourth-order valence-corrected chi connectivity index (χ4v) is 4.45. The van der Waals surface area contributed by atoms with Gasteiger partial charge in [0.25, 0.3) is 0 Å². The molecule has 0 aromatic carbocycles. The van der Waals surface area contributed by atoms with E-state index in [1.807, 2.05) is 6.07 Å². The summed E-state index contributed by atoms with van der Waals surface area (Å²) in [5.74, 6) is 0.288. The quantitative estimate of drug-likeness (QED) is 0.564. The van der Waals surface area contributed by atoms with Crippen LogP contribution in [0.3, 0.4) is 0 Å². The van der Waals surface area contributed by atoms with Crippen LogP contribution in [0.2, 0.25) is 4.34 Å². The van der Waals surface area contributed by atoms with Gasteiger partial charge in [-0.3, -0.25) is 0 Å². The fraction of sp³-hybridized carbons (Fsp3) is 0.476. The van der Waals surface area contributed by atoms with Crippen LogP contribution in [0.4, 0.5) is 0 Å². The van der Waals surface area contributed by atoms with Gasteiger partial charge in [-0.1, -0.05) is 16.8 Å². The van der Waals surface area contributed by atoms with Crippen molar-refractivity contribution in [1.82, 2.24) is 19.6 Å². The molecule has 1 aliphatic rings. The van der Waals surface area contributed by atoms with Crippen molar-refractivity contribution in [3.63, 3.8) is 0 Å². The first-order valence-corrected chi connectivity index (χ1v) is 11.5. The maximum absolute atomic E-state index is 11.0. The summed E-state index contributed by atoms with van der Waals surface area (Å²) in [4.78, 5) is 18.1. The normalized spacial score (nSPS) is 15.1. The van der Waals surface area contributed by atoms with Crippen molar-refractivity contribution in [3.05, 3.63) is 46.4 Å². The molecule has 3 N–H and O–H groups in total. The molecule has 0 radical (unpaired) electrons. The number of rotatable bonds is 6. The second kappa shape index (κ2) is 10.9. The smallest absolute Gasteiger partial charge is 0.372 e. The summed E-state index contributed by atoms with van der Waals surface area (Å²) in [7, 11) is 0. The van der Waals surface area contributed by atoms with Crippen LogP contribution in [0.15, 0.2) is 35.1 Å². The number of hydrogen-bond donors (Lipinski definition) is 2. The Labute approximate surface area is 190 Å². The maximum Gasteiger partial charge on any atom is 0.372 e. The highest BCUT2D eigenvalue weighted by Crippen LogP contribution is 2.31. The third kappa shape index (κ3) is 6.39. The molecule has 31 heavy (non-hydrogen) atoms. The number of carboxylic acids is 1. The number of carboxylic acid groups (broad SMARTS) is 1. The van der Waals surface area contributed by atoms with Crippen LogP contribution in [0.25, 0.3) is 10.6 Å². The van der Waals surface area contributed by atoms with Crippen molar-refractivity contribution in [2.45, 2.75) is 39.3 Å². The molecule has 0 amide bonds. The van der Waals surface area contributed by atoms with Gasteiger partial charge >= 0.3 is 5.97 Å². The summed E-state index contributed by atoms with van der Waals surface area (Å²) < 4.78 is 7.39. The van der Waals surface area contributed by atoms with Gasteiger partial charge in [0, 0.05) is 24.5 Å². The predicted octanol–water partition coefficient (Wildman–Crippen LogP) is 4.07. The van der Waals surface area contributed by atoms with Crippen molar-refractivity contribution in [2.24, 2.45) is 11.7 Å². The average molecular weight is 466 g/mol. The lowest BCUT2D eigenvalue weighted by Crippen LogP contribution is -2.40. The van der Waals surface area contributed by atoms with Gasteiger partial charge in [-0.15, -0.1) is 11.3 Å². The van der Waals surface area contributed by atoms with E-state index in [1.54, 1.807) is 18.3 Å². The summed E-state index contributed by atoms with van der Waals surface area (Å²) in [5, 5.41) is 12.9. The lowest BCUT2D eigenvalue weighted by Gasteiger charge is -2.34. The number of imidazole rings is 1. The molecule has 0 spiro atoms. The van der Waals surface area contributed by atoms with E-state index in [1.165, 1.54) is 48.0 Å². The molecule has 0 unspecified atom stereocenters. The van der Waals surface area contributed by atoms with Crippen molar-refractivity contribution >= 4 is 28.9 Å². The Balaban J connectivity index is 0.000000210. The van der Waals surface area contributed by atoms with Gasteiger partial charge in [0.05, 0.1) is 15.8 Å². The first kappa shape index (κ1) is 23.5. The number of thiophene rings is 1. The average Bonchev–Trinajstić information content (AvgIpc) is 3.50. The minimum atomic E-state index is -1.08. The summed E-state index contributed by atoms with van der Waals surface area (Å²) in [6.07, 6.45) is 5.62. The van der Waals surface area contributed by atoms with E-state index in [-0.39, 0.29) is 12.4 Å². The van der Waals surface area contributed by atoms with Crippen LogP contribution < -0.4 is 5.73 Å². The van der Waals surface area contributed by atoms with Crippen molar-refractivity contribution in [3.8, 4) is 10.6 Å². The van der Waals surface area contributed by atoms with E-state index in [2.05, 4.69) is 28.9 Å². The van der Waals surface area contributed by atoms with E-state index in [4.69, 9.17) is 27.0 Å². The molecule has 4 rings (SSSR count). The number of likely N-dealkylation sites (tertiary alicyclic amines) is 1. The Morgan fingerprint density at radius 1 is 1.39 bits per heavy atom. The van der Waals surface area contributed by atoms with Gasteiger partial charge in [0.15, 0.2) is 5.76 Å². The molecule has 10 heteroatoms. The highest BCUT2D eigenvalue weighted by atomic mass is 35.5. The van der Waals surface area contributed by atoms with E-state index < -0.39 is 5.97 Å². The monoisotopic (exact) mass is 465 g/mol. The lowest BCUT2D eigenvalue weighted by molar-refractivity contribution is 0.0678. The summed E-state index contributed by atoms with van der Waals surface area (Å²) in [6.45, 7) is 8.20.